The van der Waals surface area contributed by atoms with Gasteiger partial charge >= 0.3 is 5.97 Å². The van der Waals surface area contributed by atoms with Crippen LogP contribution in [0.2, 0.25) is 0 Å². The Morgan fingerprint density at radius 3 is 2.48 bits per heavy atom. The highest BCUT2D eigenvalue weighted by atomic mass is 16.6. The molecule has 1 aromatic rings. The van der Waals surface area contributed by atoms with Gasteiger partial charge in [-0.25, -0.2) is 0 Å². The molecule has 21 heavy (non-hydrogen) atoms. The van der Waals surface area contributed by atoms with Crippen molar-refractivity contribution in [1.29, 1.82) is 0 Å². The standard InChI is InChI=1S/C15H17NO5/c1-15(2)7-12(13(17)8-15)14(18)21-9-10-3-5-11(6-4-10)16(19)20/h3-6,12H,7-9H2,1-2H3. The highest BCUT2D eigenvalue weighted by Crippen LogP contribution is 2.39. The average Bonchev–Trinajstić information content (AvgIpc) is 2.70. The van der Waals surface area contributed by atoms with Crippen molar-refractivity contribution < 1.29 is 19.2 Å². The van der Waals surface area contributed by atoms with Gasteiger partial charge in [-0.05, 0) is 29.5 Å². The Morgan fingerprint density at radius 2 is 2.00 bits per heavy atom. The van der Waals surface area contributed by atoms with Gasteiger partial charge in [0.1, 0.15) is 18.3 Å². The summed E-state index contributed by atoms with van der Waals surface area (Å²) in [4.78, 5) is 33.8. The van der Waals surface area contributed by atoms with Crippen molar-refractivity contribution in [3.05, 3.63) is 39.9 Å². The van der Waals surface area contributed by atoms with E-state index in [4.69, 9.17) is 4.74 Å². The molecule has 1 unspecified atom stereocenters. The number of benzene rings is 1. The summed E-state index contributed by atoms with van der Waals surface area (Å²) in [7, 11) is 0. The first-order valence-corrected chi connectivity index (χ1v) is 6.71. The molecule has 2 rings (SSSR count). The number of carbonyl (C=O) groups excluding carboxylic acids is 2. The van der Waals surface area contributed by atoms with E-state index in [1.807, 2.05) is 13.8 Å². The van der Waals surface area contributed by atoms with E-state index in [2.05, 4.69) is 0 Å². The van der Waals surface area contributed by atoms with Crippen molar-refractivity contribution in [1.82, 2.24) is 0 Å². The van der Waals surface area contributed by atoms with Crippen molar-refractivity contribution in [2.24, 2.45) is 11.3 Å². The lowest BCUT2D eigenvalue weighted by atomic mass is 9.91. The Balaban J connectivity index is 1.92. The molecule has 112 valence electrons. The predicted molar refractivity (Wildman–Crippen MR) is 74.4 cm³/mol. The largest absolute Gasteiger partial charge is 0.460 e. The second-order valence-corrected chi connectivity index (χ2v) is 6.10. The Morgan fingerprint density at radius 1 is 1.38 bits per heavy atom. The monoisotopic (exact) mass is 291 g/mol. The third-order valence-corrected chi connectivity index (χ3v) is 3.61. The van der Waals surface area contributed by atoms with E-state index >= 15 is 0 Å². The quantitative estimate of drug-likeness (QED) is 0.368. The van der Waals surface area contributed by atoms with Gasteiger partial charge in [0, 0.05) is 18.6 Å². The molecule has 0 heterocycles. The third-order valence-electron chi connectivity index (χ3n) is 3.61. The molecule has 1 aliphatic carbocycles. The lowest BCUT2D eigenvalue weighted by Gasteiger charge is -2.15. The van der Waals surface area contributed by atoms with Crippen LogP contribution in [0, 0.1) is 21.4 Å². The van der Waals surface area contributed by atoms with Gasteiger partial charge in [-0.3, -0.25) is 19.7 Å². The summed E-state index contributed by atoms with van der Waals surface area (Å²) in [5.74, 6) is -1.27. The smallest absolute Gasteiger partial charge is 0.316 e. The first-order chi connectivity index (χ1) is 9.78. The summed E-state index contributed by atoms with van der Waals surface area (Å²) in [5.41, 5.74) is 0.477. The number of hydrogen-bond acceptors (Lipinski definition) is 5. The maximum absolute atomic E-state index is 11.9. The van der Waals surface area contributed by atoms with E-state index in [-0.39, 0.29) is 23.5 Å². The Labute approximate surface area is 122 Å². The first kappa shape index (κ1) is 15.2. The van der Waals surface area contributed by atoms with Crippen molar-refractivity contribution in [2.75, 3.05) is 0 Å². The summed E-state index contributed by atoms with van der Waals surface area (Å²) in [5, 5.41) is 10.5. The van der Waals surface area contributed by atoms with Crippen LogP contribution in [0.5, 0.6) is 0 Å². The second-order valence-electron chi connectivity index (χ2n) is 6.10. The van der Waals surface area contributed by atoms with E-state index in [0.717, 1.165) is 0 Å². The number of esters is 1. The Bertz CT molecular complexity index is 576. The number of carbonyl (C=O) groups is 2. The van der Waals surface area contributed by atoms with Gasteiger partial charge in [-0.15, -0.1) is 0 Å². The maximum Gasteiger partial charge on any atom is 0.316 e. The molecule has 0 spiro atoms. The SMILES string of the molecule is CC1(C)CC(=O)C(C(=O)OCc2ccc([N+](=O)[O-])cc2)C1. The normalized spacial score (nSPS) is 20.3. The summed E-state index contributed by atoms with van der Waals surface area (Å²) < 4.78 is 5.15. The second kappa shape index (κ2) is 5.63. The molecule has 0 radical (unpaired) electrons. The van der Waals surface area contributed by atoms with Crippen molar-refractivity contribution in [3.8, 4) is 0 Å². The van der Waals surface area contributed by atoms with E-state index in [1.165, 1.54) is 24.3 Å². The van der Waals surface area contributed by atoms with E-state index < -0.39 is 16.8 Å². The maximum atomic E-state index is 11.9. The van der Waals surface area contributed by atoms with Gasteiger partial charge in [0.15, 0.2) is 0 Å². The van der Waals surface area contributed by atoms with Gasteiger partial charge in [-0.2, -0.15) is 0 Å². The zero-order chi connectivity index (χ0) is 15.6. The molecule has 1 saturated carbocycles. The molecule has 1 fully saturated rings. The Hall–Kier alpha value is -2.24. The van der Waals surface area contributed by atoms with Crippen LogP contribution in [-0.4, -0.2) is 16.7 Å². The third kappa shape index (κ3) is 3.65. The molecule has 0 saturated heterocycles. The number of non-ortho nitro benzene ring substituents is 1. The number of ketones is 1. The number of rotatable bonds is 4. The molecule has 6 heteroatoms. The lowest BCUT2D eigenvalue weighted by molar-refractivity contribution is -0.384. The predicted octanol–water partition coefficient (Wildman–Crippen LogP) is 2.64. The molecule has 0 aromatic heterocycles. The zero-order valence-electron chi connectivity index (χ0n) is 12.0. The topological polar surface area (TPSA) is 86.5 Å². The fraction of sp³-hybridized carbons (Fsp3) is 0.467. The number of ether oxygens (including phenoxy) is 1. The molecule has 0 N–H and O–H groups in total. The molecular weight excluding hydrogens is 274 g/mol. The van der Waals surface area contributed by atoms with Crippen LogP contribution in [0.15, 0.2) is 24.3 Å². The highest BCUT2D eigenvalue weighted by Gasteiger charge is 2.42. The number of nitrogens with zero attached hydrogens (tertiary/aromatic N) is 1. The summed E-state index contributed by atoms with van der Waals surface area (Å²) in [6.45, 7) is 3.92. The molecule has 0 aliphatic heterocycles. The van der Waals surface area contributed by atoms with E-state index in [0.29, 0.717) is 18.4 Å². The fourth-order valence-electron chi connectivity index (χ4n) is 2.52. The van der Waals surface area contributed by atoms with Crippen LogP contribution in [0.3, 0.4) is 0 Å². The van der Waals surface area contributed by atoms with Crippen molar-refractivity contribution >= 4 is 17.4 Å². The van der Waals surface area contributed by atoms with Crippen LogP contribution >= 0.6 is 0 Å². The molecule has 0 amide bonds. The number of nitro benzene ring substituents is 1. The van der Waals surface area contributed by atoms with Crippen LogP contribution in [0.25, 0.3) is 0 Å². The van der Waals surface area contributed by atoms with Gasteiger partial charge < -0.3 is 4.74 Å². The zero-order valence-corrected chi connectivity index (χ0v) is 12.0. The van der Waals surface area contributed by atoms with E-state index in [9.17, 15) is 19.7 Å². The van der Waals surface area contributed by atoms with Crippen LogP contribution in [0.4, 0.5) is 5.69 Å². The molecule has 1 aromatic carbocycles. The minimum Gasteiger partial charge on any atom is -0.460 e. The van der Waals surface area contributed by atoms with E-state index in [1.54, 1.807) is 0 Å². The highest BCUT2D eigenvalue weighted by molar-refractivity contribution is 6.01. The average molecular weight is 291 g/mol. The van der Waals surface area contributed by atoms with Gasteiger partial charge in [0.25, 0.3) is 5.69 Å². The first-order valence-electron chi connectivity index (χ1n) is 6.71. The molecule has 6 nitrogen and oxygen atoms in total. The minimum atomic E-state index is -0.682. The molecular formula is C15H17NO5. The summed E-state index contributed by atoms with van der Waals surface area (Å²) in [6.07, 6.45) is 0.898. The number of nitro groups is 1. The number of hydrogen-bond donors (Lipinski definition) is 0. The summed E-state index contributed by atoms with van der Waals surface area (Å²) >= 11 is 0. The fourth-order valence-corrected chi connectivity index (χ4v) is 2.52. The number of Topliss-reactive ketones (excluding diaryl/α,β-unsaturated/α-hetero) is 1. The molecule has 1 aliphatic rings. The van der Waals surface area contributed by atoms with Gasteiger partial charge in [0.2, 0.25) is 0 Å². The van der Waals surface area contributed by atoms with Crippen LogP contribution in [-0.2, 0) is 20.9 Å². The van der Waals surface area contributed by atoms with Crippen molar-refractivity contribution in [3.63, 3.8) is 0 Å². The van der Waals surface area contributed by atoms with Crippen LogP contribution in [0.1, 0.15) is 32.3 Å². The van der Waals surface area contributed by atoms with Gasteiger partial charge in [0.05, 0.1) is 4.92 Å². The molecule has 0 bridgehead atoms. The van der Waals surface area contributed by atoms with Crippen molar-refractivity contribution in [2.45, 2.75) is 33.3 Å². The summed E-state index contributed by atoms with van der Waals surface area (Å²) in [6, 6.07) is 5.78. The molecule has 1 atom stereocenters. The van der Waals surface area contributed by atoms with Gasteiger partial charge in [-0.1, -0.05) is 13.8 Å². The Kier molecular flexibility index (Phi) is 4.06. The lowest BCUT2D eigenvalue weighted by Crippen LogP contribution is -2.21. The van der Waals surface area contributed by atoms with Crippen LogP contribution < -0.4 is 0 Å². The minimum absolute atomic E-state index is 0.0149.